The Balaban J connectivity index is 1.82. The summed E-state index contributed by atoms with van der Waals surface area (Å²) in [7, 11) is 1.65. The van der Waals surface area contributed by atoms with Crippen molar-refractivity contribution in [3.05, 3.63) is 99.1 Å². The van der Waals surface area contributed by atoms with Crippen LogP contribution in [0.15, 0.2) is 43.2 Å². The summed E-state index contributed by atoms with van der Waals surface area (Å²) in [6, 6.07) is 6.48. The van der Waals surface area contributed by atoms with Crippen LogP contribution in [-0.2, 0) is 28.9 Å². The van der Waals surface area contributed by atoms with Gasteiger partial charge in [-0.3, -0.25) is 19.6 Å². The number of ketones is 2. The average Bonchev–Trinajstić information content (AvgIpc) is 3.37. The summed E-state index contributed by atoms with van der Waals surface area (Å²) < 4.78 is 5.72. The number of hydrogen-bond acceptors (Lipinski definition) is 5. The summed E-state index contributed by atoms with van der Waals surface area (Å²) in [5.74, 6) is 1.38. The van der Waals surface area contributed by atoms with Crippen molar-refractivity contribution in [2.45, 2.75) is 92.9 Å². The Morgan fingerprint density at radius 1 is 0.977 bits per heavy atom. The highest BCUT2D eigenvalue weighted by atomic mass is 16.5. The lowest BCUT2D eigenvalue weighted by atomic mass is 9.68. The standard InChI is InChI=1S/C39H48N2O3/c1-10-32-26(5)22-40-34(28(32)7)20-39(36(42)17-11-24(2)3,21-35-29(8)38(44-9)27(6)23-41-35)37(43)18-14-30-13-16-33-25(4)12-15-31(33)19-30/h10,12-13,15-16,19,22-25H,1,11,14,17-18,20-21H2,2-9H3. The molecule has 0 spiro atoms. The SMILES string of the molecule is C=Cc1c(C)cnc(CC(Cc2ncc(C)c(OC)c2C)(C(=O)CCc2ccc3c(c2)C=CC3C)C(=O)CCC(C)C)c1C. The van der Waals surface area contributed by atoms with Crippen molar-refractivity contribution in [3.63, 3.8) is 0 Å². The van der Waals surface area contributed by atoms with Crippen molar-refractivity contribution in [3.8, 4) is 5.75 Å². The van der Waals surface area contributed by atoms with E-state index in [4.69, 9.17) is 14.7 Å². The van der Waals surface area contributed by atoms with Gasteiger partial charge in [-0.15, -0.1) is 0 Å². The first-order valence-electron chi connectivity index (χ1n) is 15.9. The molecule has 0 bridgehead atoms. The maximum absolute atomic E-state index is 14.7. The number of nitrogens with zero attached hydrogens (tertiary/aromatic N) is 2. The Hall–Kier alpha value is -3.86. The molecule has 0 fully saturated rings. The van der Waals surface area contributed by atoms with Gasteiger partial charge in [-0.05, 0) is 85.8 Å². The quantitative estimate of drug-likeness (QED) is 0.176. The van der Waals surface area contributed by atoms with Gasteiger partial charge in [-0.25, -0.2) is 0 Å². The van der Waals surface area contributed by atoms with E-state index >= 15 is 0 Å². The molecule has 5 heteroatoms. The Morgan fingerprint density at radius 3 is 2.25 bits per heavy atom. The fourth-order valence-corrected chi connectivity index (χ4v) is 6.56. The number of pyridine rings is 2. The lowest BCUT2D eigenvalue weighted by Gasteiger charge is -2.33. The topological polar surface area (TPSA) is 69.2 Å². The van der Waals surface area contributed by atoms with Crippen LogP contribution in [0.4, 0.5) is 0 Å². The van der Waals surface area contributed by atoms with Crippen LogP contribution in [0.1, 0.15) is 102 Å². The molecule has 232 valence electrons. The lowest BCUT2D eigenvalue weighted by Crippen LogP contribution is -2.44. The molecule has 2 atom stereocenters. The van der Waals surface area contributed by atoms with Crippen molar-refractivity contribution in [2.24, 2.45) is 11.3 Å². The lowest BCUT2D eigenvalue weighted by molar-refractivity contribution is -0.141. The smallest absolute Gasteiger partial charge is 0.147 e. The summed E-state index contributed by atoms with van der Waals surface area (Å²) in [6.45, 7) is 18.4. The Morgan fingerprint density at radius 2 is 1.61 bits per heavy atom. The maximum atomic E-state index is 14.7. The molecular weight excluding hydrogens is 544 g/mol. The number of hydrogen-bond donors (Lipinski definition) is 0. The molecule has 0 saturated carbocycles. The van der Waals surface area contributed by atoms with Crippen LogP contribution in [0, 0.1) is 39.0 Å². The van der Waals surface area contributed by atoms with E-state index in [0.29, 0.717) is 36.8 Å². The van der Waals surface area contributed by atoms with Crippen LogP contribution in [0.25, 0.3) is 12.2 Å². The van der Waals surface area contributed by atoms with Gasteiger partial charge in [0.05, 0.1) is 12.5 Å². The second-order valence-corrected chi connectivity index (χ2v) is 13.0. The zero-order valence-corrected chi connectivity index (χ0v) is 27.8. The summed E-state index contributed by atoms with van der Waals surface area (Å²) in [6.07, 6.45) is 12.1. The van der Waals surface area contributed by atoms with Gasteiger partial charge in [0.2, 0.25) is 0 Å². The second-order valence-electron chi connectivity index (χ2n) is 13.0. The minimum atomic E-state index is -1.32. The molecule has 1 aliphatic rings. The number of carbonyl (C=O) groups excluding carboxylic acids is 2. The molecule has 0 N–H and O–H groups in total. The second kappa shape index (κ2) is 13.8. The molecule has 4 rings (SSSR count). The monoisotopic (exact) mass is 592 g/mol. The van der Waals surface area contributed by atoms with Crippen LogP contribution in [-0.4, -0.2) is 28.6 Å². The summed E-state index contributed by atoms with van der Waals surface area (Å²) in [4.78, 5) is 38.9. The normalized spacial score (nSPS) is 15.2. The molecule has 0 aliphatic heterocycles. The number of Topliss-reactive ketones (excluding diaryl/α,β-unsaturated/α-hetero) is 2. The van der Waals surface area contributed by atoms with Gasteiger partial charge < -0.3 is 4.74 Å². The molecular formula is C39H48N2O3. The van der Waals surface area contributed by atoms with Crippen LogP contribution < -0.4 is 4.74 Å². The van der Waals surface area contributed by atoms with E-state index in [0.717, 1.165) is 44.8 Å². The number of aryl methyl sites for hydroxylation is 3. The number of allylic oxidation sites excluding steroid dienone is 1. The third-order valence-corrected chi connectivity index (χ3v) is 9.43. The van der Waals surface area contributed by atoms with Crippen molar-refractivity contribution in [1.29, 1.82) is 0 Å². The number of carbonyl (C=O) groups is 2. The number of aromatic nitrogens is 2. The molecule has 0 saturated heterocycles. The van der Waals surface area contributed by atoms with E-state index in [1.54, 1.807) is 13.3 Å². The number of rotatable bonds is 14. The Kier molecular flexibility index (Phi) is 10.4. The molecule has 44 heavy (non-hydrogen) atoms. The van der Waals surface area contributed by atoms with Gasteiger partial charge >= 0.3 is 0 Å². The van der Waals surface area contributed by atoms with Crippen LogP contribution in [0.5, 0.6) is 5.75 Å². The molecule has 2 aromatic heterocycles. The predicted molar refractivity (Wildman–Crippen MR) is 180 cm³/mol. The molecule has 2 heterocycles. The van der Waals surface area contributed by atoms with E-state index < -0.39 is 5.41 Å². The van der Waals surface area contributed by atoms with E-state index in [9.17, 15) is 9.59 Å². The summed E-state index contributed by atoms with van der Waals surface area (Å²) in [5.41, 5.74) is 8.53. The van der Waals surface area contributed by atoms with Crippen molar-refractivity contribution in [1.82, 2.24) is 9.97 Å². The fraction of sp³-hybridized carbons (Fsp3) is 0.436. The van der Waals surface area contributed by atoms with Crippen LogP contribution in [0.2, 0.25) is 0 Å². The zero-order valence-electron chi connectivity index (χ0n) is 27.8. The van der Waals surface area contributed by atoms with Gasteiger partial charge in [0.25, 0.3) is 0 Å². The average molecular weight is 593 g/mol. The largest absolute Gasteiger partial charge is 0.496 e. The molecule has 1 aromatic carbocycles. The zero-order chi connectivity index (χ0) is 32.2. The van der Waals surface area contributed by atoms with Crippen molar-refractivity contribution >= 4 is 23.7 Å². The third kappa shape index (κ3) is 6.77. The fourth-order valence-electron chi connectivity index (χ4n) is 6.56. The Labute approximate surface area is 263 Å². The molecule has 0 amide bonds. The first kappa shape index (κ1) is 33.0. The number of fused-ring (bicyclic) bond motifs is 1. The number of methoxy groups -OCH3 is 1. The first-order valence-corrected chi connectivity index (χ1v) is 15.9. The van der Waals surface area contributed by atoms with Crippen LogP contribution >= 0.6 is 0 Å². The summed E-state index contributed by atoms with van der Waals surface area (Å²) >= 11 is 0. The van der Waals surface area contributed by atoms with Crippen molar-refractivity contribution in [2.75, 3.05) is 7.11 Å². The van der Waals surface area contributed by atoms with E-state index in [-0.39, 0.29) is 30.8 Å². The molecule has 1 aliphatic carbocycles. The first-order chi connectivity index (χ1) is 20.9. The molecule has 0 radical (unpaired) electrons. The number of ether oxygens (including phenoxy) is 1. The van der Waals surface area contributed by atoms with Gasteiger partial charge in [-0.2, -0.15) is 0 Å². The minimum Gasteiger partial charge on any atom is -0.496 e. The highest BCUT2D eigenvalue weighted by molar-refractivity contribution is 6.07. The highest BCUT2D eigenvalue weighted by Gasteiger charge is 2.46. The van der Waals surface area contributed by atoms with E-state index in [2.05, 4.69) is 57.7 Å². The van der Waals surface area contributed by atoms with Gasteiger partial charge in [0.15, 0.2) is 0 Å². The highest BCUT2D eigenvalue weighted by Crippen LogP contribution is 2.38. The molecule has 3 aromatic rings. The maximum Gasteiger partial charge on any atom is 0.147 e. The van der Waals surface area contributed by atoms with Crippen LogP contribution in [0.3, 0.4) is 0 Å². The predicted octanol–water partition coefficient (Wildman–Crippen LogP) is 8.47. The van der Waals surface area contributed by atoms with Crippen molar-refractivity contribution < 1.29 is 14.3 Å². The third-order valence-electron chi connectivity index (χ3n) is 9.43. The van der Waals surface area contributed by atoms with Gasteiger partial charge in [0.1, 0.15) is 17.3 Å². The number of benzene rings is 1. The summed E-state index contributed by atoms with van der Waals surface area (Å²) in [5, 5.41) is 0. The van der Waals surface area contributed by atoms with E-state index in [1.165, 1.54) is 11.1 Å². The van der Waals surface area contributed by atoms with Gasteiger partial charge in [0, 0.05) is 60.6 Å². The minimum absolute atomic E-state index is 0.0374. The molecule has 5 nitrogen and oxygen atoms in total. The molecule has 2 unspecified atom stereocenters. The Bertz CT molecular complexity index is 1600. The van der Waals surface area contributed by atoms with E-state index in [1.807, 2.05) is 40.0 Å². The van der Waals surface area contributed by atoms with Gasteiger partial charge in [-0.1, -0.05) is 63.8 Å².